The summed E-state index contributed by atoms with van der Waals surface area (Å²) in [5.74, 6) is 1.62. The molecule has 0 heterocycles. The fourth-order valence-electron chi connectivity index (χ4n) is 1.25. The molecule has 1 rings (SSSR count). The summed E-state index contributed by atoms with van der Waals surface area (Å²) < 4.78 is 10.6. The summed E-state index contributed by atoms with van der Waals surface area (Å²) in [6.07, 6.45) is 3.84. The maximum atomic E-state index is 5.50. The zero-order valence-corrected chi connectivity index (χ0v) is 9.19. The maximum absolute atomic E-state index is 5.50. The molecule has 0 bridgehead atoms. The second-order valence-corrected chi connectivity index (χ2v) is 2.97. The molecular formula is C12H17NO2. The molecule has 0 aliphatic rings. The predicted molar refractivity (Wildman–Crippen MR) is 62.3 cm³/mol. The molecule has 0 radical (unpaired) electrons. The molecule has 1 aromatic carbocycles. The first-order chi connectivity index (χ1) is 7.31. The lowest BCUT2D eigenvalue weighted by Gasteiger charge is -2.09. The van der Waals surface area contributed by atoms with Gasteiger partial charge >= 0.3 is 0 Å². The van der Waals surface area contributed by atoms with Crippen molar-refractivity contribution in [2.75, 3.05) is 20.3 Å². The van der Waals surface area contributed by atoms with E-state index in [1.807, 2.05) is 37.3 Å². The van der Waals surface area contributed by atoms with Gasteiger partial charge in [-0.3, -0.25) is 0 Å². The van der Waals surface area contributed by atoms with Gasteiger partial charge in [0.1, 0.15) is 11.5 Å². The second kappa shape index (κ2) is 6.09. The van der Waals surface area contributed by atoms with Crippen LogP contribution in [-0.2, 0) is 0 Å². The van der Waals surface area contributed by atoms with Crippen LogP contribution in [0.15, 0.2) is 24.3 Å². The second-order valence-electron chi connectivity index (χ2n) is 2.97. The van der Waals surface area contributed by atoms with Gasteiger partial charge in [0.05, 0.1) is 13.7 Å². The Kier molecular flexibility index (Phi) is 4.71. The van der Waals surface area contributed by atoms with Gasteiger partial charge in [-0.15, -0.1) is 0 Å². The number of methoxy groups -OCH3 is 1. The standard InChI is InChI=1S/C12H17NO2/c1-3-15-12-9-11(14-2)7-6-10(12)5-4-8-13/h4-7,9H,3,8,13H2,1-2H3/b5-4+. The zero-order valence-electron chi connectivity index (χ0n) is 9.19. The first-order valence-corrected chi connectivity index (χ1v) is 4.99. The molecule has 0 saturated carbocycles. The van der Waals surface area contributed by atoms with Crippen LogP contribution in [0.3, 0.4) is 0 Å². The van der Waals surface area contributed by atoms with Crippen molar-refractivity contribution in [3.05, 3.63) is 29.8 Å². The topological polar surface area (TPSA) is 44.5 Å². The van der Waals surface area contributed by atoms with Crippen molar-refractivity contribution in [2.45, 2.75) is 6.92 Å². The van der Waals surface area contributed by atoms with E-state index in [9.17, 15) is 0 Å². The number of ether oxygens (including phenoxy) is 2. The minimum Gasteiger partial charge on any atom is -0.497 e. The molecular weight excluding hydrogens is 190 g/mol. The van der Waals surface area contributed by atoms with Crippen molar-refractivity contribution >= 4 is 6.08 Å². The lowest BCUT2D eigenvalue weighted by atomic mass is 10.1. The summed E-state index contributed by atoms with van der Waals surface area (Å²) in [5.41, 5.74) is 6.42. The Labute approximate surface area is 90.5 Å². The quantitative estimate of drug-likeness (QED) is 0.803. The van der Waals surface area contributed by atoms with Crippen LogP contribution in [0.25, 0.3) is 6.08 Å². The van der Waals surface area contributed by atoms with Gasteiger partial charge in [-0.05, 0) is 19.1 Å². The number of benzene rings is 1. The van der Waals surface area contributed by atoms with E-state index in [2.05, 4.69) is 0 Å². The number of hydrogen-bond acceptors (Lipinski definition) is 3. The van der Waals surface area contributed by atoms with Crippen LogP contribution in [-0.4, -0.2) is 20.3 Å². The van der Waals surface area contributed by atoms with E-state index in [1.165, 1.54) is 0 Å². The molecule has 0 saturated heterocycles. The fourth-order valence-corrected chi connectivity index (χ4v) is 1.25. The molecule has 1 aromatic rings. The van der Waals surface area contributed by atoms with E-state index in [-0.39, 0.29) is 0 Å². The molecule has 0 aliphatic carbocycles. The molecule has 3 heteroatoms. The van der Waals surface area contributed by atoms with Crippen LogP contribution >= 0.6 is 0 Å². The Morgan fingerprint density at radius 2 is 2.20 bits per heavy atom. The smallest absolute Gasteiger partial charge is 0.130 e. The molecule has 2 N–H and O–H groups in total. The third kappa shape index (κ3) is 3.29. The third-order valence-corrected chi connectivity index (χ3v) is 1.95. The van der Waals surface area contributed by atoms with E-state index in [0.717, 1.165) is 17.1 Å². The number of nitrogens with two attached hydrogens (primary N) is 1. The van der Waals surface area contributed by atoms with Crippen LogP contribution in [0.2, 0.25) is 0 Å². The van der Waals surface area contributed by atoms with E-state index in [1.54, 1.807) is 7.11 Å². The minimum absolute atomic E-state index is 0.525. The van der Waals surface area contributed by atoms with Crippen molar-refractivity contribution in [1.82, 2.24) is 0 Å². The van der Waals surface area contributed by atoms with Gasteiger partial charge in [-0.25, -0.2) is 0 Å². The highest BCUT2D eigenvalue weighted by Gasteiger charge is 2.02. The van der Waals surface area contributed by atoms with E-state index in [0.29, 0.717) is 13.2 Å². The summed E-state index contributed by atoms with van der Waals surface area (Å²) in [5, 5.41) is 0. The Morgan fingerprint density at radius 3 is 2.80 bits per heavy atom. The average molecular weight is 207 g/mol. The lowest BCUT2D eigenvalue weighted by molar-refractivity contribution is 0.335. The highest BCUT2D eigenvalue weighted by Crippen LogP contribution is 2.25. The monoisotopic (exact) mass is 207 g/mol. The average Bonchev–Trinajstić information content (AvgIpc) is 2.27. The van der Waals surface area contributed by atoms with Crippen molar-refractivity contribution in [3.8, 4) is 11.5 Å². The summed E-state index contributed by atoms with van der Waals surface area (Å²) >= 11 is 0. The largest absolute Gasteiger partial charge is 0.497 e. The first-order valence-electron chi connectivity index (χ1n) is 4.99. The van der Waals surface area contributed by atoms with Crippen LogP contribution in [0.1, 0.15) is 12.5 Å². The summed E-state index contributed by atoms with van der Waals surface area (Å²) in [7, 11) is 1.64. The summed E-state index contributed by atoms with van der Waals surface area (Å²) in [6, 6.07) is 5.73. The normalized spacial score (nSPS) is 10.6. The molecule has 0 aliphatic heterocycles. The van der Waals surface area contributed by atoms with Crippen LogP contribution in [0.4, 0.5) is 0 Å². The molecule has 0 spiro atoms. The summed E-state index contributed by atoms with van der Waals surface area (Å²) in [6.45, 7) is 3.12. The Morgan fingerprint density at radius 1 is 1.40 bits per heavy atom. The molecule has 0 amide bonds. The predicted octanol–water partition coefficient (Wildman–Crippen LogP) is 2.07. The van der Waals surface area contributed by atoms with Gasteiger partial charge in [0.2, 0.25) is 0 Å². The Hall–Kier alpha value is -1.48. The fraction of sp³-hybridized carbons (Fsp3) is 0.333. The van der Waals surface area contributed by atoms with Crippen LogP contribution in [0, 0.1) is 0 Å². The Balaban J connectivity index is 2.97. The molecule has 0 atom stereocenters. The lowest BCUT2D eigenvalue weighted by Crippen LogP contribution is -1.96. The number of rotatable bonds is 5. The van der Waals surface area contributed by atoms with E-state index >= 15 is 0 Å². The van der Waals surface area contributed by atoms with Gasteiger partial charge in [-0.1, -0.05) is 12.2 Å². The first kappa shape index (κ1) is 11.6. The molecule has 15 heavy (non-hydrogen) atoms. The summed E-state index contributed by atoms with van der Waals surface area (Å²) in [4.78, 5) is 0. The molecule has 3 nitrogen and oxygen atoms in total. The zero-order chi connectivity index (χ0) is 11.1. The van der Waals surface area contributed by atoms with Gasteiger partial charge in [0.25, 0.3) is 0 Å². The van der Waals surface area contributed by atoms with Crippen molar-refractivity contribution in [2.24, 2.45) is 5.73 Å². The van der Waals surface area contributed by atoms with Gasteiger partial charge in [0, 0.05) is 18.2 Å². The van der Waals surface area contributed by atoms with E-state index in [4.69, 9.17) is 15.2 Å². The molecule has 0 fully saturated rings. The number of hydrogen-bond donors (Lipinski definition) is 1. The minimum atomic E-state index is 0.525. The van der Waals surface area contributed by atoms with E-state index < -0.39 is 0 Å². The van der Waals surface area contributed by atoms with Crippen molar-refractivity contribution in [1.29, 1.82) is 0 Å². The van der Waals surface area contributed by atoms with Crippen LogP contribution < -0.4 is 15.2 Å². The van der Waals surface area contributed by atoms with Gasteiger partial charge in [-0.2, -0.15) is 0 Å². The maximum Gasteiger partial charge on any atom is 0.130 e. The molecule has 0 unspecified atom stereocenters. The Bertz CT molecular complexity index is 334. The van der Waals surface area contributed by atoms with Gasteiger partial charge in [0.15, 0.2) is 0 Å². The highest BCUT2D eigenvalue weighted by atomic mass is 16.5. The SMILES string of the molecule is CCOc1cc(OC)ccc1/C=C/CN. The highest BCUT2D eigenvalue weighted by molar-refractivity contribution is 5.59. The van der Waals surface area contributed by atoms with Crippen molar-refractivity contribution < 1.29 is 9.47 Å². The molecule has 82 valence electrons. The van der Waals surface area contributed by atoms with Gasteiger partial charge < -0.3 is 15.2 Å². The van der Waals surface area contributed by atoms with Crippen LogP contribution in [0.5, 0.6) is 11.5 Å². The third-order valence-electron chi connectivity index (χ3n) is 1.95. The van der Waals surface area contributed by atoms with Crippen molar-refractivity contribution in [3.63, 3.8) is 0 Å². The molecule has 0 aromatic heterocycles.